The molecule has 4 atom stereocenters. The van der Waals surface area contributed by atoms with Crippen molar-refractivity contribution in [3.63, 3.8) is 0 Å². The molecular formula is C22H30N2O5. The largest absolute Gasteiger partial charge is 0.490 e. The van der Waals surface area contributed by atoms with Gasteiger partial charge in [-0.25, -0.2) is 0 Å². The van der Waals surface area contributed by atoms with Crippen molar-refractivity contribution in [3.05, 3.63) is 29.8 Å². The monoisotopic (exact) mass is 402 g/mol. The maximum Gasteiger partial charge on any atom is 0.251 e. The van der Waals surface area contributed by atoms with E-state index in [9.17, 15) is 9.59 Å². The molecule has 1 aromatic rings. The second kappa shape index (κ2) is 8.71. The zero-order valence-electron chi connectivity index (χ0n) is 17.1. The molecule has 158 valence electrons. The van der Waals surface area contributed by atoms with Crippen LogP contribution in [0.1, 0.15) is 49.9 Å². The quantitative estimate of drug-likeness (QED) is 0.695. The summed E-state index contributed by atoms with van der Waals surface area (Å²) in [4.78, 5) is 24.8. The highest BCUT2D eigenvalue weighted by molar-refractivity contribution is 5.94. The van der Waals surface area contributed by atoms with E-state index in [0.29, 0.717) is 24.5 Å². The number of carbonyl (C=O) groups excluding carboxylic acids is 2. The third-order valence-electron chi connectivity index (χ3n) is 5.96. The Morgan fingerprint density at radius 2 is 1.72 bits per heavy atom. The smallest absolute Gasteiger partial charge is 0.251 e. The maximum atomic E-state index is 12.8. The molecular weight excluding hydrogens is 372 g/mol. The SMILES string of the molecule is CCC(CC)Oc1cccc(C(=O)N[C@H]2CO[C@H]3[C@@H]2OC[C@@H]3NC(=O)C2CC2)c1. The predicted molar refractivity (Wildman–Crippen MR) is 107 cm³/mol. The molecule has 29 heavy (non-hydrogen) atoms. The molecule has 7 heteroatoms. The van der Waals surface area contributed by atoms with Gasteiger partial charge in [0.2, 0.25) is 5.91 Å². The van der Waals surface area contributed by atoms with Gasteiger partial charge in [0.05, 0.1) is 31.4 Å². The predicted octanol–water partition coefficient (Wildman–Crippen LogP) is 2.04. The van der Waals surface area contributed by atoms with Crippen LogP contribution in [0.25, 0.3) is 0 Å². The van der Waals surface area contributed by atoms with Gasteiger partial charge in [-0.2, -0.15) is 0 Å². The van der Waals surface area contributed by atoms with Gasteiger partial charge in [0.25, 0.3) is 5.91 Å². The van der Waals surface area contributed by atoms with Gasteiger partial charge in [-0.15, -0.1) is 0 Å². The molecule has 3 aliphatic rings. The van der Waals surface area contributed by atoms with Crippen LogP contribution in [0.4, 0.5) is 0 Å². The molecule has 2 saturated heterocycles. The van der Waals surface area contributed by atoms with Gasteiger partial charge >= 0.3 is 0 Å². The highest BCUT2D eigenvalue weighted by Crippen LogP contribution is 2.31. The molecule has 0 radical (unpaired) electrons. The minimum Gasteiger partial charge on any atom is -0.490 e. The summed E-state index contributed by atoms with van der Waals surface area (Å²) in [7, 11) is 0. The number of fused-ring (bicyclic) bond motifs is 1. The van der Waals surface area contributed by atoms with Crippen molar-refractivity contribution >= 4 is 11.8 Å². The molecule has 4 rings (SSSR count). The Bertz CT molecular complexity index is 746. The molecule has 0 bridgehead atoms. The van der Waals surface area contributed by atoms with Gasteiger partial charge in [-0.05, 0) is 43.9 Å². The van der Waals surface area contributed by atoms with Crippen LogP contribution in [-0.2, 0) is 14.3 Å². The number of hydrogen-bond acceptors (Lipinski definition) is 5. The van der Waals surface area contributed by atoms with Crippen LogP contribution in [0, 0.1) is 5.92 Å². The fourth-order valence-electron chi connectivity index (χ4n) is 4.00. The number of nitrogens with one attached hydrogen (secondary N) is 2. The fraction of sp³-hybridized carbons (Fsp3) is 0.636. The van der Waals surface area contributed by atoms with Crippen LogP contribution in [-0.4, -0.2) is 55.4 Å². The van der Waals surface area contributed by atoms with E-state index in [1.165, 1.54) is 0 Å². The summed E-state index contributed by atoms with van der Waals surface area (Å²) in [6.45, 7) is 4.96. The van der Waals surface area contributed by atoms with E-state index in [1.807, 2.05) is 12.1 Å². The van der Waals surface area contributed by atoms with Crippen molar-refractivity contribution in [2.24, 2.45) is 5.92 Å². The summed E-state index contributed by atoms with van der Waals surface area (Å²) in [5.74, 6) is 0.764. The van der Waals surface area contributed by atoms with Gasteiger partial charge in [-0.1, -0.05) is 19.9 Å². The minimum atomic E-state index is -0.243. The van der Waals surface area contributed by atoms with Crippen LogP contribution in [0.15, 0.2) is 24.3 Å². The van der Waals surface area contributed by atoms with E-state index in [-0.39, 0.29) is 48.1 Å². The lowest BCUT2D eigenvalue weighted by molar-refractivity contribution is -0.123. The molecule has 2 amide bonds. The number of rotatable bonds is 8. The number of amides is 2. The maximum absolute atomic E-state index is 12.8. The molecule has 1 aromatic carbocycles. The summed E-state index contributed by atoms with van der Waals surface area (Å²) < 4.78 is 17.7. The summed E-state index contributed by atoms with van der Waals surface area (Å²) in [6.07, 6.45) is 3.46. The Balaban J connectivity index is 1.34. The Labute approximate surface area is 171 Å². The first-order chi connectivity index (χ1) is 14.1. The summed E-state index contributed by atoms with van der Waals surface area (Å²) in [5.41, 5.74) is 0.550. The molecule has 0 aromatic heterocycles. The van der Waals surface area contributed by atoms with Crippen molar-refractivity contribution in [2.45, 2.75) is 69.9 Å². The highest BCUT2D eigenvalue weighted by atomic mass is 16.6. The summed E-state index contributed by atoms with van der Waals surface area (Å²) >= 11 is 0. The first-order valence-electron chi connectivity index (χ1n) is 10.7. The average molecular weight is 402 g/mol. The second-order valence-electron chi connectivity index (χ2n) is 8.15. The standard InChI is InChI=1S/C22H30N2O5/c1-3-15(4-2)29-16-7-5-6-14(10-16)22(26)24-18-12-28-19-17(11-27-20(18)19)23-21(25)13-8-9-13/h5-7,10,13,15,17-20H,3-4,8-9,11-12H2,1-2H3,(H,23,25)(H,24,26)/t17-,18-,19+,20+/m0/s1. The molecule has 2 aliphatic heterocycles. The van der Waals surface area contributed by atoms with Crippen molar-refractivity contribution in [1.82, 2.24) is 10.6 Å². The number of carbonyl (C=O) groups is 2. The first kappa shape index (κ1) is 20.2. The average Bonchev–Trinajstić information content (AvgIpc) is 3.41. The molecule has 2 N–H and O–H groups in total. The lowest BCUT2D eigenvalue weighted by atomic mass is 10.1. The summed E-state index contributed by atoms with van der Waals surface area (Å²) in [6, 6.07) is 6.87. The van der Waals surface area contributed by atoms with Crippen LogP contribution in [0.5, 0.6) is 5.75 Å². The van der Waals surface area contributed by atoms with Crippen molar-refractivity contribution in [1.29, 1.82) is 0 Å². The Morgan fingerprint density at radius 3 is 2.34 bits per heavy atom. The molecule has 7 nitrogen and oxygen atoms in total. The highest BCUT2D eigenvalue weighted by Gasteiger charge is 2.49. The van der Waals surface area contributed by atoms with E-state index in [2.05, 4.69) is 24.5 Å². The molecule has 0 spiro atoms. The first-order valence-corrected chi connectivity index (χ1v) is 10.7. The minimum absolute atomic E-state index is 0.0876. The number of hydrogen-bond donors (Lipinski definition) is 2. The zero-order chi connectivity index (χ0) is 20.4. The lowest BCUT2D eigenvalue weighted by Gasteiger charge is -2.19. The van der Waals surface area contributed by atoms with E-state index in [4.69, 9.17) is 14.2 Å². The van der Waals surface area contributed by atoms with Gasteiger partial charge in [0.1, 0.15) is 18.0 Å². The van der Waals surface area contributed by atoms with Crippen LogP contribution >= 0.6 is 0 Å². The van der Waals surface area contributed by atoms with Crippen molar-refractivity contribution < 1.29 is 23.8 Å². The normalized spacial score (nSPS) is 28.2. The van der Waals surface area contributed by atoms with Crippen molar-refractivity contribution in [3.8, 4) is 5.75 Å². The third-order valence-corrected chi connectivity index (χ3v) is 5.96. The number of benzene rings is 1. The Kier molecular flexibility index (Phi) is 6.06. The molecule has 3 fully saturated rings. The van der Waals surface area contributed by atoms with Crippen molar-refractivity contribution in [2.75, 3.05) is 13.2 Å². The number of ether oxygens (including phenoxy) is 3. The van der Waals surface area contributed by atoms with Crippen LogP contribution in [0.2, 0.25) is 0 Å². The van der Waals surface area contributed by atoms with E-state index < -0.39 is 0 Å². The molecule has 0 unspecified atom stereocenters. The van der Waals surface area contributed by atoms with Crippen LogP contribution < -0.4 is 15.4 Å². The molecule has 1 saturated carbocycles. The van der Waals surface area contributed by atoms with Gasteiger partial charge in [-0.3, -0.25) is 9.59 Å². The Hall–Kier alpha value is -2.12. The van der Waals surface area contributed by atoms with E-state index >= 15 is 0 Å². The summed E-state index contributed by atoms with van der Waals surface area (Å²) in [5, 5.41) is 6.06. The third kappa shape index (κ3) is 4.56. The lowest BCUT2D eigenvalue weighted by Crippen LogP contribution is -2.47. The van der Waals surface area contributed by atoms with Crippen LogP contribution in [0.3, 0.4) is 0 Å². The molecule has 2 heterocycles. The van der Waals surface area contributed by atoms with Gasteiger partial charge in [0, 0.05) is 11.5 Å². The van der Waals surface area contributed by atoms with Gasteiger partial charge < -0.3 is 24.8 Å². The van der Waals surface area contributed by atoms with Gasteiger partial charge in [0.15, 0.2) is 0 Å². The molecule has 1 aliphatic carbocycles. The van der Waals surface area contributed by atoms with E-state index in [1.54, 1.807) is 12.1 Å². The van der Waals surface area contributed by atoms with E-state index in [0.717, 1.165) is 25.7 Å². The fourth-order valence-corrected chi connectivity index (χ4v) is 4.00. The second-order valence-corrected chi connectivity index (χ2v) is 8.15. The zero-order valence-corrected chi connectivity index (χ0v) is 17.1. The topological polar surface area (TPSA) is 85.9 Å². The Morgan fingerprint density at radius 1 is 1.07 bits per heavy atom.